The SMILES string of the molecule is Cc1ccc([C@@H]2CC(c3ccccc3)=N[C@H]2C#N)cc1. The Morgan fingerprint density at radius 3 is 2.40 bits per heavy atom. The second-order valence-corrected chi connectivity index (χ2v) is 5.24. The Balaban J connectivity index is 1.90. The molecule has 0 N–H and O–H groups in total. The third kappa shape index (κ3) is 2.35. The zero-order valence-corrected chi connectivity index (χ0v) is 11.5. The lowest BCUT2D eigenvalue weighted by Crippen LogP contribution is -2.10. The number of benzene rings is 2. The molecule has 0 spiro atoms. The van der Waals surface area contributed by atoms with Crippen LogP contribution in [0.2, 0.25) is 0 Å². The molecule has 0 radical (unpaired) electrons. The molecule has 1 aliphatic rings. The van der Waals surface area contributed by atoms with Crippen LogP contribution in [-0.2, 0) is 0 Å². The molecule has 0 unspecified atom stereocenters. The molecule has 2 aromatic rings. The van der Waals surface area contributed by atoms with Gasteiger partial charge in [0.2, 0.25) is 0 Å². The Kier molecular flexibility index (Phi) is 3.35. The van der Waals surface area contributed by atoms with Gasteiger partial charge >= 0.3 is 0 Å². The zero-order valence-electron chi connectivity index (χ0n) is 11.5. The fourth-order valence-corrected chi connectivity index (χ4v) is 2.69. The molecule has 0 aromatic heterocycles. The van der Waals surface area contributed by atoms with Crippen LogP contribution in [0.5, 0.6) is 0 Å². The predicted octanol–water partition coefficient (Wildman–Crippen LogP) is 3.86. The van der Waals surface area contributed by atoms with Crippen LogP contribution in [0.4, 0.5) is 0 Å². The average molecular weight is 260 g/mol. The van der Waals surface area contributed by atoms with Gasteiger partial charge in [0, 0.05) is 11.6 Å². The van der Waals surface area contributed by atoms with Crippen LogP contribution in [-0.4, -0.2) is 11.8 Å². The van der Waals surface area contributed by atoms with Gasteiger partial charge in [-0.05, 0) is 24.5 Å². The van der Waals surface area contributed by atoms with E-state index in [-0.39, 0.29) is 12.0 Å². The Labute approximate surface area is 119 Å². The van der Waals surface area contributed by atoms with Crippen molar-refractivity contribution >= 4 is 5.71 Å². The first-order valence-electron chi connectivity index (χ1n) is 6.86. The summed E-state index contributed by atoms with van der Waals surface area (Å²) in [6, 6.07) is 20.7. The van der Waals surface area contributed by atoms with Crippen molar-refractivity contribution in [3.63, 3.8) is 0 Å². The number of rotatable bonds is 2. The summed E-state index contributed by atoms with van der Waals surface area (Å²) in [6.45, 7) is 2.08. The third-order valence-corrected chi connectivity index (χ3v) is 3.83. The molecule has 0 bridgehead atoms. The zero-order chi connectivity index (χ0) is 13.9. The number of aliphatic imine (C=N–C) groups is 1. The van der Waals surface area contributed by atoms with E-state index in [0.717, 1.165) is 17.7 Å². The first-order chi connectivity index (χ1) is 9.78. The fourth-order valence-electron chi connectivity index (χ4n) is 2.69. The van der Waals surface area contributed by atoms with Crippen molar-refractivity contribution in [2.45, 2.75) is 25.3 Å². The van der Waals surface area contributed by atoms with Gasteiger partial charge < -0.3 is 0 Å². The minimum Gasteiger partial charge on any atom is -0.270 e. The summed E-state index contributed by atoms with van der Waals surface area (Å²) in [5.74, 6) is 0.177. The van der Waals surface area contributed by atoms with E-state index in [1.54, 1.807) is 0 Å². The van der Waals surface area contributed by atoms with Gasteiger partial charge in [-0.3, -0.25) is 4.99 Å². The summed E-state index contributed by atoms with van der Waals surface area (Å²) < 4.78 is 0. The van der Waals surface area contributed by atoms with E-state index < -0.39 is 0 Å². The Bertz CT molecular complexity index is 663. The summed E-state index contributed by atoms with van der Waals surface area (Å²) in [4.78, 5) is 4.61. The first-order valence-corrected chi connectivity index (χ1v) is 6.86. The highest BCUT2D eigenvalue weighted by Crippen LogP contribution is 2.33. The molecule has 2 nitrogen and oxygen atoms in total. The smallest absolute Gasteiger partial charge is 0.144 e. The van der Waals surface area contributed by atoms with Gasteiger partial charge in [0.1, 0.15) is 6.04 Å². The predicted molar refractivity (Wildman–Crippen MR) is 80.9 cm³/mol. The molecular formula is C18H16N2. The second kappa shape index (κ2) is 5.30. The summed E-state index contributed by atoms with van der Waals surface area (Å²) in [6.07, 6.45) is 0.839. The highest BCUT2D eigenvalue weighted by Gasteiger charge is 2.30. The summed E-state index contributed by atoms with van der Waals surface area (Å²) in [5.41, 5.74) is 4.62. The van der Waals surface area contributed by atoms with E-state index in [1.807, 2.05) is 18.2 Å². The van der Waals surface area contributed by atoms with Crippen molar-refractivity contribution in [1.29, 1.82) is 5.26 Å². The van der Waals surface area contributed by atoms with E-state index in [9.17, 15) is 5.26 Å². The maximum atomic E-state index is 9.36. The van der Waals surface area contributed by atoms with Crippen LogP contribution in [0, 0.1) is 18.3 Å². The summed E-state index contributed by atoms with van der Waals surface area (Å²) in [5, 5.41) is 9.36. The molecule has 98 valence electrons. The van der Waals surface area contributed by atoms with Crippen molar-refractivity contribution in [3.05, 3.63) is 71.3 Å². The lowest BCUT2D eigenvalue weighted by molar-refractivity contribution is 0.687. The van der Waals surface area contributed by atoms with E-state index in [0.29, 0.717) is 0 Å². The number of hydrogen-bond acceptors (Lipinski definition) is 2. The van der Waals surface area contributed by atoms with E-state index in [2.05, 4.69) is 54.4 Å². The monoisotopic (exact) mass is 260 g/mol. The number of hydrogen-bond donors (Lipinski definition) is 0. The van der Waals surface area contributed by atoms with Gasteiger partial charge in [0.05, 0.1) is 6.07 Å². The molecule has 1 aliphatic heterocycles. The molecule has 2 atom stereocenters. The maximum Gasteiger partial charge on any atom is 0.144 e. The Hall–Kier alpha value is -2.40. The molecule has 0 amide bonds. The van der Waals surface area contributed by atoms with Crippen molar-refractivity contribution in [2.24, 2.45) is 4.99 Å². The van der Waals surface area contributed by atoms with Crippen LogP contribution in [0.25, 0.3) is 0 Å². The van der Waals surface area contributed by atoms with Gasteiger partial charge in [-0.25, -0.2) is 0 Å². The normalized spacial score (nSPS) is 21.3. The van der Waals surface area contributed by atoms with Crippen LogP contribution in [0.15, 0.2) is 59.6 Å². The van der Waals surface area contributed by atoms with Gasteiger partial charge in [-0.15, -0.1) is 0 Å². The molecular weight excluding hydrogens is 244 g/mol. The highest BCUT2D eigenvalue weighted by atomic mass is 14.8. The summed E-state index contributed by atoms with van der Waals surface area (Å²) >= 11 is 0. The highest BCUT2D eigenvalue weighted by molar-refractivity contribution is 6.02. The molecule has 20 heavy (non-hydrogen) atoms. The minimum atomic E-state index is -0.270. The third-order valence-electron chi connectivity index (χ3n) is 3.83. The Morgan fingerprint density at radius 2 is 1.75 bits per heavy atom. The molecule has 0 saturated carbocycles. The van der Waals surface area contributed by atoms with Crippen molar-refractivity contribution in [2.75, 3.05) is 0 Å². The lowest BCUT2D eigenvalue weighted by Gasteiger charge is -2.12. The van der Waals surface area contributed by atoms with E-state index in [4.69, 9.17) is 0 Å². The molecule has 2 heteroatoms. The van der Waals surface area contributed by atoms with Crippen molar-refractivity contribution in [1.82, 2.24) is 0 Å². The standard InChI is InChI=1S/C18H16N2/c1-13-7-9-14(10-8-13)16-11-17(20-18(16)12-19)15-5-3-2-4-6-15/h2-10,16,18H,11H2,1H3/t16-,18-/m0/s1. The second-order valence-electron chi connectivity index (χ2n) is 5.24. The van der Waals surface area contributed by atoms with Crippen LogP contribution < -0.4 is 0 Å². The van der Waals surface area contributed by atoms with Crippen molar-refractivity contribution in [3.8, 4) is 6.07 Å². The molecule has 2 aromatic carbocycles. The molecule has 1 heterocycles. The van der Waals surface area contributed by atoms with Crippen LogP contribution in [0.3, 0.4) is 0 Å². The van der Waals surface area contributed by atoms with Crippen LogP contribution in [0.1, 0.15) is 29.0 Å². The van der Waals surface area contributed by atoms with Crippen molar-refractivity contribution < 1.29 is 0 Å². The fraction of sp³-hybridized carbons (Fsp3) is 0.222. The lowest BCUT2D eigenvalue weighted by atomic mass is 9.89. The van der Waals surface area contributed by atoms with Gasteiger partial charge in [-0.2, -0.15) is 5.26 Å². The number of nitrogens with zero attached hydrogens (tertiary/aromatic N) is 2. The minimum absolute atomic E-state index is 0.177. The Morgan fingerprint density at radius 1 is 1.05 bits per heavy atom. The number of aryl methyl sites for hydroxylation is 1. The largest absolute Gasteiger partial charge is 0.270 e. The molecule has 0 fully saturated rings. The van der Waals surface area contributed by atoms with E-state index >= 15 is 0 Å². The van der Waals surface area contributed by atoms with E-state index in [1.165, 1.54) is 11.1 Å². The topological polar surface area (TPSA) is 36.1 Å². The maximum absolute atomic E-state index is 9.36. The quantitative estimate of drug-likeness (QED) is 0.807. The summed E-state index contributed by atoms with van der Waals surface area (Å²) in [7, 11) is 0. The van der Waals surface area contributed by atoms with Gasteiger partial charge in [0.15, 0.2) is 0 Å². The average Bonchev–Trinajstić information content (AvgIpc) is 2.93. The molecule has 0 saturated heterocycles. The molecule has 3 rings (SSSR count). The van der Waals surface area contributed by atoms with Crippen LogP contribution >= 0.6 is 0 Å². The molecule has 0 aliphatic carbocycles. The van der Waals surface area contributed by atoms with Gasteiger partial charge in [0.25, 0.3) is 0 Å². The van der Waals surface area contributed by atoms with Gasteiger partial charge in [-0.1, -0.05) is 60.2 Å². The number of nitriles is 1. The first kappa shape index (κ1) is 12.6.